The second kappa shape index (κ2) is 7.51. The van der Waals surface area contributed by atoms with Crippen molar-refractivity contribution >= 4 is 23.5 Å². The summed E-state index contributed by atoms with van der Waals surface area (Å²) in [4.78, 5) is 33.1. The Kier molecular flexibility index (Phi) is 5.40. The van der Waals surface area contributed by atoms with Gasteiger partial charge in [0.05, 0.1) is 11.6 Å². The first-order chi connectivity index (χ1) is 13.5. The number of urea groups is 1. The van der Waals surface area contributed by atoms with Crippen LogP contribution in [-0.4, -0.2) is 45.4 Å². The summed E-state index contributed by atoms with van der Waals surface area (Å²) in [7, 11) is 0. The summed E-state index contributed by atoms with van der Waals surface area (Å²) < 4.78 is 39.6. The van der Waals surface area contributed by atoms with Crippen LogP contribution in [0.25, 0.3) is 0 Å². The first-order valence-corrected chi connectivity index (χ1v) is 8.94. The highest BCUT2D eigenvalue weighted by atomic mass is 35.5. The number of piperazine rings is 1. The number of hydrogen-bond donors (Lipinski definition) is 2. The van der Waals surface area contributed by atoms with Gasteiger partial charge in [0, 0.05) is 24.3 Å². The third kappa shape index (κ3) is 3.84. The van der Waals surface area contributed by atoms with Crippen molar-refractivity contribution in [3.05, 3.63) is 58.6 Å². The summed E-state index contributed by atoms with van der Waals surface area (Å²) in [5.74, 6) is -2.97. The van der Waals surface area contributed by atoms with Crippen LogP contribution in [0.3, 0.4) is 0 Å². The minimum atomic E-state index is -4.78. The maximum Gasteiger partial charge on any atom is 0.451 e. The number of carbonyl (C=O) groups excluding carboxylic acids is 2. The van der Waals surface area contributed by atoms with Crippen LogP contribution < -0.4 is 11.1 Å². The number of hydrogen-bond acceptors (Lipinski definition) is 4. The summed E-state index contributed by atoms with van der Waals surface area (Å²) in [5, 5.41) is 3.05. The number of alkyl halides is 3. The Hall–Kier alpha value is -2.88. The van der Waals surface area contributed by atoms with Gasteiger partial charge < -0.3 is 16.0 Å². The number of amides is 3. The highest BCUT2D eigenvalue weighted by molar-refractivity contribution is 6.30. The first kappa shape index (κ1) is 20.8. The lowest BCUT2D eigenvalue weighted by atomic mass is 9.75. The van der Waals surface area contributed by atoms with Crippen LogP contribution in [-0.2, 0) is 11.0 Å². The number of nitrogens with one attached hydrogen (secondary N) is 1. The van der Waals surface area contributed by atoms with E-state index < -0.39 is 35.4 Å². The Bertz CT molecular complexity index is 938. The predicted octanol–water partition coefficient (Wildman–Crippen LogP) is 2.55. The molecule has 1 aliphatic rings. The zero-order valence-electron chi connectivity index (χ0n) is 15.2. The van der Waals surface area contributed by atoms with Gasteiger partial charge in [-0.1, -0.05) is 23.7 Å². The fourth-order valence-electron chi connectivity index (χ4n) is 3.55. The molecule has 1 saturated heterocycles. The Balaban J connectivity index is 2.25. The summed E-state index contributed by atoms with van der Waals surface area (Å²) in [6.07, 6.45) is -3.81. The third-order valence-electron chi connectivity index (χ3n) is 4.90. The molecule has 11 heteroatoms. The number of halogens is 4. The third-order valence-corrected chi connectivity index (χ3v) is 5.15. The summed E-state index contributed by atoms with van der Waals surface area (Å²) in [6.45, 7) is 1.71. The van der Waals surface area contributed by atoms with Crippen LogP contribution in [0.15, 0.2) is 36.5 Å². The lowest BCUT2D eigenvalue weighted by Crippen LogP contribution is -2.68. The molecule has 29 heavy (non-hydrogen) atoms. The Morgan fingerprint density at radius 1 is 1.31 bits per heavy atom. The quantitative estimate of drug-likeness (QED) is 0.786. The standard InChI is InChI=1S/C18H17ClF3N5O2/c1-17(15(28)25-8-9-27(17)16(23)29)13(10-2-4-11(19)5-3-10)12-6-7-24-14(26-12)18(20,21)22/h2-7,13H,8-9H2,1H3,(H2,23,29)(H,25,28)/t13-,17?/m0/s1. The molecule has 0 spiro atoms. The average molecular weight is 428 g/mol. The first-order valence-electron chi connectivity index (χ1n) is 8.56. The molecule has 0 aliphatic carbocycles. The van der Waals surface area contributed by atoms with E-state index in [-0.39, 0.29) is 18.8 Å². The number of nitrogens with zero attached hydrogens (tertiary/aromatic N) is 3. The molecule has 0 radical (unpaired) electrons. The van der Waals surface area contributed by atoms with Crippen molar-refractivity contribution in [1.82, 2.24) is 20.2 Å². The minimum Gasteiger partial charge on any atom is -0.352 e. The molecule has 2 atom stereocenters. The second-order valence-corrected chi connectivity index (χ2v) is 7.12. The highest BCUT2D eigenvalue weighted by Crippen LogP contribution is 2.40. The number of carbonyl (C=O) groups is 2. The molecule has 1 aromatic carbocycles. The maximum absolute atomic E-state index is 13.2. The zero-order chi connectivity index (χ0) is 21.4. The molecule has 1 aliphatic heterocycles. The van der Waals surface area contributed by atoms with Gasteiger partial charge in [-0.15, -0.1) is 0 Å². The molecular formula is C18H17ClF3N5O2. The van der Waals surface area contributed by atoms with Crippen LogP contribution >= 0.6 is 11.6 Å². The van der Waals surface area contributed by atoms with E-state index in [4.69, 9.17) is 17.3 Å². The fourth-order valence-corrected chi connectivity index (χ4v) is 3.68. The van der Waals surface area contributed by atoms with Gasteiger partial charge in [0.2, 0.25) is 11.7 Å². The number of aromatic nitrogens is 2. The van der Waals surface area contributed by atoms with E-state index in [1.165, 1.54) is 25.1 Å². The number of primary amides is 1. The monoisotopic (exact) mass is 427 g/mol. The van der Waals surface area contributed by atoms with Crippen molar-refractivity contribution in [3.63, 3.8) is 0 Å². The highest BCUT2D eigenvalue weighted by Gasteiger charge is 2.52. The SMILES string of the molecule is CC1([C@@H](c2ccc(Cl)cc2)c2ccnc(C(F)(F)F)n2)C(=O)NCCN1C(N)=O. The maximum atomic E-state index is 13.2. The van der Waals surface area contributed by atoms with Gasteiger partial charge in [0.1, 0.15) is 5.54 Å². The number of nitrogens with two attached hydrogens (primary N) is 1. The van der Waals surface area contributed by atoms with Crippen LogP contribution in [0.4, 0.5) is 18.0 Å². The fraction of sp³-hybridized carbons (Fsp3) is 0.333. The van der Waals surface area contributed by atoms with E-state index in [1.807, 2.05) is 0 Å². The van der Waals surface area contributed by atoms with Gasteiger partial charge >= 0.3 is 12.2 Å². The van der Waals surface area contributed by atoms with Gasteiger partial charge in [-0.25, -0.2) is 14.8 Å². The van der Waals surface area contributed by atoms with Crippen molar-refractivity contribution in [1.29, 1.82) is 0 Å². The molecule has 2 aromatic rings. The molecule has 3 amide bonds. The summed E-state index contributed by atoms with van der Waals surface area (Å²) in [6, 6.07) is 6.61. The lowest BCUT2D eigenvalue weighted by molar-refractivity contribution is -0.145. The van der Waals surface area contributed by atoms with Crippen molar-refractivity contribution in [2.45, 2.75) is 24.6 Å². The van der Waals surface area contributed by atoms with Gasteiger partial charge in [-0.05, 0) is 30.7 Å². The van der Waals surface area contributed by atoms with Crippen molar-refractivity contribution in [2.75, 3.05) is 13.1 Å². The van der Waals surface area contributed by atoms with Crippen molar-refractivity contribution in [2.24, 2.45) is 5.73 Å². The van der Waals surface area contributed by atoms with E-state index in [0.29, 0.717) is 10.6 Å². The molecular weight excluding hydrogens is 411 g/mol. The number of rotatable bonds is 3. The smallest absolute Gasteiger partial charge is 0.352 e. The molecule has 3 rings (SSSR count). The van der Waals surface area contributed by atoms with Crippen LogP contribution in [0.2, 0.25) is 5.02 Å². The van der Waals surface area contributed by atoms with E-state index in [2.05, 4.69) is 15.3 Å². The van der Waals surface area contributed by atoms with Crippen molar-refractivity contribution < 1.29 is 22.8 Å². The lowest BCUT2D eigenvalue weighted by Gasteiger charge is -2.47. The molecule has 154 valence electrons. The van der Waals surface area contributed by atoms with E-state index in [9.17, 15) is 22.8 Å². The van der Waals surface area contributed by atoms with E-state index >= 15 is 0 Å². The predicted molar refractivity (Wildman–Crippen MR) is 98.0 cm³/mol. The molecule has 1 fully saturated rings. The summed E-state index contributed by atoms with van der Waals surface area (Å²) in [5.41, 5.74) is 4.22. The summed E-state index contributed by atoms with van der Waals surface area (Å²) >= 11 is 5.94. The van der Waals surface area contributed by atoms with Gasteiger partial charge in [-0.3, -0.25) is 4.79 Å². The zero-order valence-corrected chi connectivity index (χ0v) is 16.0. The normalized spacial score (nSPS) is 20.9. The van der Waals surface area contributed by atoms with Crippen LogP contribution in [0, 0.1) is 0 Å². The Morgan fingerprint density at radius 2 is 1.97 bits per heavy atom. The van der Waals surface area contributed by atoms with Gasteiger partial charge in [0.15, 0.2) is 0 Å². The van der Waals surface area contributed by atoms with Gasteiger partial charge in [-0.2, -0.15) is 13.2 Å². The average Bonchev–Trinajstić information content (AvgIpc) is 2.65. The largest absolute Gasteiger partial charge is 0.451 e. The molecule has 2 heterocycles. The minimum absolute atomic E-state index is 0.0829. The second-order valence-electron chi connectivity index (χ2n) is 6.68. The van der Waals surface area contributed by atoms with E-state index in [1.54, 1.807) is 12.1 Å². The molecule has 7 nitrogen and oxygen atoms in total. The van der Waals surface area contributed by atoms with E-state index in [0.717, 1.165) is 11.1 Å². The number of benzene rings is 1. The topological polar surface area (TPSA) is 101 Å². The molecule has 0 saturated carbocycles. The van der Waals surface area contributed by atoms with Crippen molar-refractivity contribution in [3.8, 4) is 0 Å². The molecule has 3 N–H and O–H groups in total. The molecule has 0 bridgehead atoms. The van der Waals surface area contributed by atoms with Crippen LogP contribution in [0.1, 0.15) is 29.9 Å². The molecule has 1 aromatic heterocycles. The van der Waals surface area contributed by atoms with Gasteiger partial charge in [0.25, 0.3) is 0 Å². The Morgan fingerprint density at radius 3 is 2.55 bits per heavy atom. The molecule has 1 unspecified atom stereocenters. The van der Waals surface area contributed by atoms with Crippen LogP contribution in [0.5, 0.6) is 0 Å². The Labute approximate surface area is 169 Å².